The summed E-state index contributed by atoms with van der Waals surface area (Å²) in [6.45, 7) is 1.91. The molecule has 5 nitrogen and oxygen atoms in total. The number of thiazole rings is 1. The molecule has 0 aliphatic rings. The van der Waals surface area contributed by atoms with Gasteiger partial charge in [-0.1, -0.05) is 37.3 Å². The summed E-state index contributed by atoms with van der Waals surface area (Å²) in [6, 6.07) is 17.4. The van der Waals surface area contributed by atoms with Crippen LogP contribution in [0.5, 0.6) is 11.5 Å². The van der Waals surface area contributed by atoms with E-state index in [1.165, 1.54) is 16.9 Å². The monoisotopic (exact) mass is 382 g/mol. The first kappa shape index (κ1) is 18.9. The lowest BCUT2D eigenvalue weighted by molar-refractivity contribution is -0.122. The fraction of sp³-hybridized carbons (Fsp3) is 0.238. The largest absolute Gasteiger partial charge is 0.497 e. The van der Waals surface area contributed by atoms with E-state index in [-0.39, 0.29) is 5.91 Å². The van der Waals surface area contributed by atoms with Crippen molar-refractivity contribution in [2.24, 2.45) is 0 Å². The van der Waals surface area contributed by atoms with Gasteiger partial charge in [-0.15, -0.1) is 11.3 Å². The minimum absolute atomic E-state index is 0.200. The number of ether oxygens (including phenoxy) is 2. The molecule has 0 aliphatic heterocycles. The van der Waals surface area contributed by atoms with Crippen LogP contribution in [-0.4, -0.2) is 24.1 Å². The number of amides is 1. The number of aromatic nitrogens is 1. The lowest BCUT2D eigenvalue weighted by Gasteiger charge is -2.16. The van der Waals surface area contributed by atoms with Gasteiger partial charge in [0.1, 0.15) is 11.5 Å². The Kier molecular flexibility index (Phi) is 6.44. The molecule has 0 saturated heterocycles. The third-order valence-electron chi connectivity index (χ3n) is 4.01. The first-order valence-electron chi connectivity index (χ1n) is 8.78. The molecule has 2 aromatic carbocycles. The maximum absolute atomic E-state index is 12.5. The van der Waals surface area contributed by atoms with Crippen molar-refractivity contribution in [3.05, 3.63) is 71.2 Å². The number of nitrogens with zero attached hydrogens (tertiary/aromatic N) is 1. The second kappa shape index (κ2) is 9.19. The van der Waals surface area contributed by atoms with Crippen LogP contribution < -0.4 is 14.8 Å². The van der Waals surface area contributed by atoms with Crippen LogP contribution in [0.3, 0.4) is 0 Å². The number of hydrogen-bond acceptors (Lipinski definition) is 5. The van der Waals surface area contributed by atoms with Crippen LogP contribution >= 0.6 is 11.3 Å². The Morgan fingerprint density at radius 3 is 2.48 bits per heavy atom. The minimum Gasteiger partial charge on any atom is -0.497 e. The summed E-state index contributed by atoms with van der Waals surface area (Å²) in [4.78, 5) is 18.0. The summed E-state index contributed by atoms with van der Waals surface area (Å²) in [6.07, 6.45) is 2.58. The van der Waals surface area contributed by atoms with Crippen molar-refractivity contribution in [2.75, 3.05) is 12.4 Å². The zero-order valence-electron chi connectivity index (χ0n) is 15.3. The lowest BCUT2D eigenvalue weighted by Crippen LogP contribution is -2.32. The topological polar surface area (TPSA) is 60.5 Å². The highest BCUT2D eigenvalue weighted by Gasteiger charge is 2.20. The summed E-state index contributed by atoms with van der Waals surface area (Å²) in [5, 5.41) is 3.45. The molecule has 6 heteroatoms. The van der Waals surface area contributed by atoms with Crippen LogP contribution in [0.25, 0.3) is 0 Å². The van der Waals surface area contributed by atoms with Gasteiger partial charge in [0, 0.05) is 17.5 Å². The molecule has 1 amide bonds. The molecule has 1 N–H and O–H groups in total. The number of carbonyl (C=O) groups is 1. The van der Waals surface area contributed by atoms with Gasteiger partial charge in [-0.25, -0.2) is 4.98 Å². The summed E-state index contributed by atoms with van der Waals surface area (Å²) in [7, 11) is 1.61. The Morgan fingerprint density at radius 1 is 1.11 bits per heavy atom. The second-order valence-corrected chi connectivity index (χ2v) is 7.09. The van der Waals surface area contributed by atoms with Gasteiger partial charge in [0.2, 0.25) is 0 Å². The Bertz CT molecular complexity index is 863. The van der Waals surface area contributed by atoms with Gasteiger partial charge >= 0.3 is 0 Å². The van der Waals surface area contributed by atoms with E-state index in [4.69, 9.17) is 9.47 Å². The van der Waals surface area contributed by atoms with Gasteiger partial charge < -0.3 is 9.47 Å². The molecule has 0 radical (unpaired) electrons. The highest BCUT2D eigenvalue weighted by atomic mass is 32.1. The fourth-order valence-corrected chi connectivity index (χ4v) is 3.42. The van der Waals surface area contributed by atoms with E-state index in [0.717, 1.165) is 17.0 Å². The Morgan fingerprint density at radius 2 is 1.81 bits per heavy atom. The van der Waals surface area contributed by atoms with Crippen LogP contribution in [0.4, 0.5) is 5.13 Å². The predicted octanol–water partition coefficient (Wildman–Crippen LogP) is 4.54. The number of methoxy groups -OCH3 is 1. The van der Waals surface area contributed by atoms with Crippen LogP contribution in [-0.2, 0) is 11.2 Å². The molecule has 0 bridgehead atoms. The molecule has 0 aliphatic carbocycles. The first-order valence-corrected chi connectivity index (χ1v) is 9.59. The molecule has 1 atom stereocenters. The molecule has 1 unspecified atom stereocenters. The normalized spacial score (nSPS) is 11.6. The highest BCUT2D eigenvalue weighted by molar-refractivity contribution is 7.15. The first-order chi connectivity index (χ1) is 13.2. The maximum atomic E-state index is 12.5. The van der Waals surface area contributed by atoms with E-state index in [0.29, 0.717) is 17.3 Å². The molecular weight excluding hydrogens is 360 g/mol. The van der Waals surface area contributed by atoms with Gasteiger partial charge in [0.05, 0.1) is 7.11 Å². The summed E-state index contributed by atoms with van der Waals surface area (Å²) in [5.41, 5.74) is 1.22. The van der Waals surface area contributed by atoms with Crippen molar-refractivity contribution in [3.8, 4) is 11.5 Å². The van der Waals surface area contributed by atoms with Crippen LogP contribution in [0.15, 0.2) is 60.8 Å². The molecule has 0 saturated carbocycles. The molecular formula is C21H22N2O3S. The van der Waals surface area contributed by atoms with Crippen LogP contribution in [0, 0.1) is 0 Å². The summed E-state index contributed by atoms with van der Waals surface area (Å²) < 4.78 is 10.9. The van der Waals surface area contributed by atoms with Crippen molar-refractivity contribution in [1.82, 2.24) is 4.98 Å². The number of hydrogen-bond donors (Lipinski definition) is 1. The third-order valence-corrected chi connectivity index (χ3v) is 4.92. The van der Waals surface area contributed by atoms with Gasteiger partial charge in [0.15, 0.2) is 11.2 Å². The number of benzene rings is 2. The van der Waals surface area contributed by atoms with E-state index in [1.54, 1.807) is 37.6 Å². The van der Waals surface area contributed by atoms with E-state index in [2.05, 4.69) is 22.4 Å². The molecule has 3 aromatic rings. The second-order valence-electron chi connectivity index (χ2n) is 5.97. The zero-order valence-corrected chi connectivity index (χ0v) is 16.2. The van der Waals surface area contributed by atoms with Crippen LogP contribution in [0.1, 0.15) is 23.8 Å². The third kappa shape index (κ3) is 5.31. The smallest absolute Gasteiger partial charge is 0.267 e. The van der Waals surface area contributed by atoms with Crippen LogP contribution in [0.2, 0.25) is 0 Å². The average Bonchev–Trinajstić information content (AvgIpc) is 3.14. The van der Waals surface area contributed by atoms with Crippen molar-refractivity contribution in [1.29, 1.82) is 0 Å². The number of carbonyl (C=O) groups excluding carboxylic acids is 1. The molecule has 1 heterocycles. The number of anilines is 1. The van der Waals surface area contributed by atoms with E-state index in [1.807, 2.05) is 25.1 Å². The van der Waals surface area contributed by atoms with Gasteiger partial charge in [-0.3, -0.25) is 10.1 Å². The van der Waals surface area contributed by atoms with E-state index in [9.17, 15) is 4.79 Å². The number of nitrogens with one attached hydrogen (secondary N) is 1. The maximum Gasteiger partial charge on any atom is 0.267 e. The number of rotatable bonds is 8. The molecule has 0 fully saturated rings. The zero-order chi connectivity index (χ0) is 19.1. The average molecular weight is 382 g/mol. The Balaban J connectivity index is 1.59. The van der Waals surface area contributed by atoms with Gasteiger partial charge in [-0.2, -0.15) is 0 Å². The van der Waals surface area contributed by atoms with Crippen molar-refractivity contribution >= 4 is 22.4 Å². The van der Waals surface area contributed by atoms with E-state index >= 15 is 0 Å². The highest BCUT2D eigenvalue weighted by Crippen LogP contribution is 2.23. The Labute approximate surface area is 163 Å². The lowest BCUT2D eigenvalue weighted by atomic mass is 10.1. The molecule has 27 heavy (non-hydrogen) atoms. The van der Waals surface area contributed by atoms with Crippen molar-refractivity contribution < 1.29 is 14.3 Å². The SMILES string of the molecule is CCC(Oc1ccc(OC)cc1)C(=O)Nc1ncc(Cc2ccccc2)s1. The fourth-order valence-electron chi connectivity index (χ4n) is 2.57. The van der Waals surface area contributed by atoms with Gasteiger partial charge in [-0.05, 0) is 36.2 Å². The molecule has 0 spiro atoms. The van der Waals surface area contributed by atoms with E-state index < -0.39 is 6.10 Å². The van der Waals surface area contributed by atoms with Crippen molar-refractivity contribution in [2.45, 2.75) is 25.9 Å². The van der Waals surface area contributed by atoms with Gasteiger partial charge in [0.25, 0.3) is 5.91 Å². The predicted molar refractivity (Wildman–Crippen MR) is 108 cm³/mol. The quantitative estimate of drug-likeness (QED) is 0.621. The molecule has 3 rings (SSSR count). The standard InChI is InChI=1S/C21H22N2O3S/c1-3-19(26-17-11-9-16(25-2)10-12-17)20(24)23-21-22-14-18(27-21)13-15-7-5-4-6-8-15/h4-12,14,19H,3,13H2,1-2H3,(H,22,23,24). The Hall–Kier alpha value is -2.86. The summed E-state index contributed by atoms with van der Waals surface area (Å²) >= 11 is 1.48. The molecule has 140 valence electrons. The minimum atomic E-state index is -0.583. The van der Waals surface area contributed by atoms with Crippen molar-refractivity contribution in [3.63, 3.8) is 0 Å². The molecule has 1 aromatic heterocycles. The summed E-state index contributed by atoms with van der Waals surface area (Å²) in [5.74, 6) is 1.17.